The number of aliphatic hydroxyl groups excluding tert-OH is 2. The number of benzene rings is 2. The van der Waals surface area contributed by atoms with Gasteiger partial charge in [0.25, 0.3) is 5.91 Å². The van der Waals surface area contributed by atoms with E-state index in [9.17, 15) is 36.6 Å². The second kappa shape index (κ2) is 11.0. The molecule has 2 fully saturated rings. The number of hydrogen-bond acceptors (Lipinski definition) is 7. The molecule has 13 heteroatoms. The highest BCUT2D eigenvalue weighted by Crippen LogP contribution is 2.41. The number of hydrogen-bond donors (Lipinski definition) is 3. The van der Waals surface area contributed by atoms with Crippen LogP contribution in [0, 0.1) is 5.92 Å². The largest absolute Gasteiger partial charge is 0.404 e. The van der Waals surface area contributed by atoms with Crippen LogP contribution in [-0.4, -0.2) is 71.9 Å². The van der Waals surface area contributed by atoms with E-state index in [-0.39, 0.29) is 34.8 Å². The van der Waals surface area contributed by atoms with Crippen molar-refractivity contribution < 1.29 is 36.6 Å². The van der Waals surface area contributed by atoms with E-state index >= 15 is 0 Å². The number of rotatable bonds is 7. The molecule has 1 saturated heterocycles. The molecule has 1 aromatic heterocycles. The van der Waals surface area contributed by atoms with Crippen molar-refractivity contribution >= 4 is 38.0 Å². The minimum absolute atomic E-state index is 0.0849. The average Bonchev–Trinajstić information content (AvgIpc) is 3.27. The summed E-state index contributed by atoms with van der Waals surface area (Å²) in [6, 6.07) is 7.13. The number of sulfonamides is 1. The number of alkyl halides is 3. The number of halogens is 3. The van der Waals surface area contributed by atoms with Gasteiger partial charge in [-0.25, -0.2) is 13.4 Å². The molecular weight excluding hydrogens is 567 g/mol. The number of carbonyl (C=O) groups is 1. The summed E-state index contributed by atoms with van der Waals surface area (Å²) in [5.41, 5.74) is 1.32. The fourth-order valence-electron chi connectivity index (χ4n) is 5.18. The van der Waals surface area contributed by atoms with Crippen LogP contribution in [0.25, 0.3) is 21.2 Å². The Morgan fingerprint density at radius 1 is 1.12 bits per heavy atom. The summed E-state index contributed by atoms with van der Waals surface area (Å²) in [5.74, 6) is -0.000782. The van der Waals surface area contributed by atoms with Crippen LogP contribution >= 0.6 is 11.3 Å². The highest BCUT2D eigenvalue weighted by molar-refractivity contribution is 7.89. The van der Waals surface area contributed by atoms with Gasteiger partial charge in [0.1, 0.15) is 6.04 Å². The molecule has 216 valence electrons. The van der Waals surface area contributed by atoms with Gasteiger partial charge in [0.2, 0.25) is 10.0 Å². The lowest BCUT2D eigenvalue weighted by Crippen LogP contribution is -2.48. The first-order valence-corrected chi connectivity index (χ1v) is 15.4. The number of piperidine rings is 1. The Hall–Kier alpha value is -2.58. The van der Waals surface area contributed by atoms with Crippen molar-refractivity contribution in [1.82, 2.24) is 14.6 Å². The van der Waals surface area contributed by atoms with Crippen LogP contribution in [-0.2, 0) is 16.4 Å². The van der Waals surface area contributed by atoms with E-state index in [4.69, 9.17) is 0 Å². The Morgan fingerprint density at radius 2 is 1.77 bits per heavy atom. The first-order valence-electron chi connectivity index (χ1n) is 13.1. The average molecular weight is 598 g/mol. The van der Waals surface area contributed by atoms with E-state index in [1.165, 1.54) is 11.0 Å². The molecule has 5 rings (SSSR count). The van der Waals surface area contributed by atoms with E-state index in [2.05, 4.69) is 4.98 Å². The first kappa shape index (κ1) is 28.9. The summed E-state index contributed by atoms with van der Waals surface area (Å²) in [6.07, 6.45) is -2.43. The molecule has 1 aliphatic carbocycles. The quantitative estimate of drug-likeness (QED) is 0.377. The molecule has 8 nitrogen and oxygen atoms in total. The van der Waals surface area contributed by atoms with Crippen molar-refractivity contribution in [2.75, 3.05) is 13.1 Å². The van der Waals surface area contributed by atoms with E-state index < -0.39 is 40.4 Å². The lowest BCUT2D eigenvalue weighted by molar-refractivity contribution is -0.147. The molecular formula is C27H30F3N3O5S2. The summed E-state index contributed by atoms with van der Waals surface area (Å²) < 4.78 is 67.2. The Bertz CT molecular complexity index is 1510. The van der Waals surface area contributed by atoms with E-state index in [0.717, 1.165) is 37.5 Å². The number of nitrogens with one attached hydrogen (secondary N) is 1. The highest BCUT2D eigenvalue weighted by atomic mass is 32.2. The zero-order chi connectivity index (χ0) is 28.8. The highest BCUT2D eigenvalue weighted by Gasteiger charge is 2.39. The summed E-state index contributed by atoms with van der Waals surface area (Å²) >= 11 is 1.16. The van der Waals surface area contributed by atoms with Gasteiger partial charge in [-0.1, -0.05) is 49.6 Å². The maximum Gasteiger partial charge on any atom is 0.404 e. The number of aliphatic hydroxyl groups is 2. The van der Waals surface area contributed by atoms with Gasteiger partial charge >= 0.3 is 6.18 Å². The van der Waals surface area contributed by atoms with Gasteiger partial charge in [-0.2, -0.15) is 17.9 Å². The van der Waals surface area contributed by atoms with Crippen molar-refractivity contribution in [1.29, 1.82) is 0 Å². The van der Waals surface area contributed by atoms with Crippen LogP contribution in [0.3, 0.4) is 0 Å². The maximum atomic E-state index is 13.4. The van der Waals surface area contributed by atoms with E-state index in [1.807, 2.05) is 0 Å². The fraction of sp³-hybridized carbons (Fsp3) is 0.481. The second-order valence-corrected chi connectivity index (χ2v) is 13.3. The molecule has 3 N–H and O–H groups in total. The van der Waals surface area contributed by atoms with Crippen LogP contribution in [0.5, 0.6) is 0 Å². The van der Waals surface area contributed by atoms with Crippen molar-refractivity contribution in [3.8, 4) is 10.4 Å². The lowest BCUT2D eigenvalue weighted by atomic mass is 9.81. The van der Waals surface area contributed by atoms with Crippen molar-refractivity contribution in [2.24, 2.45) is 5.92 Å². The minimum atomic E-state index is -4.74. The summed E-state index contributed by atoms with van der Waals surface area (Å²) in [7, 11) is -4.52. The zero-order valence-corrected chi connectivity index (χ0v) is 23.3. The number of β-amino-alcohol motifs (C(OH)–C–C–N with tert-alkyl or cyclic N) is 2. The molecule has 0 radical (unpaired) electrons. The number of aromatic nitrogens is 1. The van der Waals surface area contributed by atoms with Crippen LogP contribution in [0.4, 0.5) is 13.2 Å². The molecule has 3 atom stereocenters. The summed E-state index contributed by atoms with van der Waals surface area (Å²) in [6.45, 7) is 0.917. The van der Waals surface area contributed by atoms with Crippen LogP contribution in [0.2, 0.25) is 0 Å². The molecule has 2 aromatic carbocycles. The molecule has 0 spiro atoms. The molecule has 1 amide bonds. The van der Waals surface area contributed by atoms with E-state index in [1.54, 1.807) is 35.1 Å². The molecule has 1 saturated carbocycles. The Kier molecular flexibility index (Phi) is 7.96. The standard InChI is InChI=1S/C27H30F3N3O5S2/c1-15(27(28,29)30)32-40(37,38)23-10-9-21(19-7-2-3-8-20(19)23)24-22(11-16-5-4-6-16)31-25(39-24)26(36)33-13-17(34)12-18(35)14-33/h2-3,7-10,15-18,32,34-35H,4-6,11-14H2,1H3. The molecule has 2 aliphatic rings. The summed E-state index contributed by atoms with van der Waals surface area (Å²) in [4.78, 5) is 19.8. The Morgan fingerprint density at radius 3 is 2.38 bits per heavy atom. The monoisotopic (exact) mass is 597 g/mol. The Balaban J connectivity index is 1.57. The topological polar surface area (TPSA) is 120 Å². The molecule has 0 bridgehead atoms. The number of nitrogens with zero attached hydrogens (tertiary/aromatic N) is 2. The predicted octanol–water partition coefficient (Wildman–Crippen LogP) is 4.10. The van der Waals surface area contributed by atoms with Gasteiger partial charge in [-0.05, 0) is 30.7 Å². The fourth-order valence-corrected chi connectivity index (χ4v) is 7.72. The maximum absolute atomic E-state index is 13.4. The molecule has 3 aromatic rings. The second-order valence-electron chi connectivity index (χ2n) is 10.6. The van der Waals surface area contributed by atoms with E-state index in [0.29, 0.717) is 33.9 Å². The number of carbonyl (C=O) groups excluding carboxylic acids is 1. The third kappa shape index (κ3) is 5.89. The van der Waals surface area contributed by atoms with Crippen molar-refractivity contribution in [2.45, 2.75) is 68.3 Å². The molecule has 1 aliphatic heterocycles. The predicted molar refractivity (Wildman–Crippen MR) is 144 cm³/mol. The minimum Gasteiger partial charge on any atom is -0.391 e. The number of amides is 1. The van der Waals surface area contributed by atoms with Gasteiger partial charge in [-0.15, -0.1) is 11.3 Å². The van der Waals surface area contributed by atoms with Gasteiger partial charge in [-0.3, -0.25) is 4.79 Å². The lowest BCUT2D eigenvalue weighted by Gasteiger charge is -2.32. The van der Waals surface area contributed by atoms with Crippen LogP contribution < -0.4 is 4.72 Å². The van der Waals surface area contributed by atoms with Gasteiger partial charge < -0.3 is 15.1 Å². The smallest absolute Gasteiger partial charge is 0.391 e. The zero-order valence-electron chi connectivity index (χ0n) is 21.7. The summed E-state index contributed by atoms with van der Waals surface area (Å²) in [5, 5.41) is 21.1. The van der Waals surface area contributed by atoms with Gasteiger partial charge in [0, 0.05) is 30.5 Å². The van der Waals surface area contributed by atoms with Crippen LogP contribution in [0.1, 0.15) is 48.1 Å². The number of fused-ring (bicyclic) bond motifs is 1. The third-order valence-corrected chi connectivity index (χ3v) is 10.2. The van der Waals surface area contributed by atoms with Gasteiger partial charge in [0.05, 0.1) is 27.7 Å². The van der Waals surface area contributed by atoms with Crippen molar-refractivity contribution in [3.05, 3.63) is 47.1 Å². The Labute approximate surface area is 233 Å². The molecule has 3 unspecified atom stereocenters. The molecule has 2 heterocycles. The third-order valence-electron chi connectivity index (χ3n) is 7.52. The number of likely N-dealkylation sites (tertiary alicyclic amines) is 1. The molecule has 40 heavy (non-hydrogen) atoms. The normalized spacial score (nSPS) is 21.4. The van der Waals surface area contributed by atoms with Crippen LogP contribution in [0.15, 0.2) is 41.3 Å². The first-order chi connectivity index (χ1) is 18.8. The number of thiazole rings is 1. The van der Waals surface area contributed by atoms with Gasteiger partial charge in [0.15, 0.2) is 5.01 Å². The van der Waals surface area contributed by atoms with Crippen molar-refractivity contribution in [3.63, 3.8) is 0 Å². The SMILES string of the molecule is CC(NS(=O)(=O)c1ccc(-c2sc(C(=O)N3CC(O)CC(O)C3)nc2CC2CCC2)c2ccccc12)C(F)(F)F.